The molecule has 1 unspecified atom stereocenters. The van der Waals surface area contributed by atoms with E-state index in [9.17, 15) is 27.6 Å². The maximum absolute atomic E-state index is 11.9. The number of rotatable bonds is 5. The first-order valence-corrected chi connectivity index (χ1v) is 6.76. The van der Waals surface area contributed by atoms with Crippen LogP contribution in [0.25, 0.3) is 0 Å². The summed E-state index contributed by atoms with van der Waals surface area (Å²) in [6.45, 7) is -1.53. The zero-order valence-corrected chi connectivity index (χ0v) is 11.1. The van der Waals surface area contributed by atoms with Crippen molar-refractivity contribution >= 4 is 29.5 Å². The minimum absolute atomic E-state index is 0.165. The van der Waals surface area contributed by atoms with Crippen LogP contribution in [0.5, 0.6) is 0 Å². The summed E-state index contributed by atoms with van der Waals surface area (Å²) in [5.74, 6) is -2.52. The van der Waals surface area contributed by atoms with Crippen LogP contribution in [0.2, 0.25) is 0 Å². The normalized spacial score (nSPS) is 22.4. The molecule has 114 valence electrons. The number of amides is 2. The van der Waals surface area contributed by atoms with E-state index in [1.165, 1.54) is 11.8 Å². The van der Waals surface area contributed by atoms with Crippen LogP contribution in [0.1, 0.15) is 12.8 Å². The van der Waals surface area contributed by atoms with Crippen molar-refractivity contribution in [3.05, 3.63) is 0 Å². The number of alkyl halides is 3. The second kappa shape index (κ2) is 6.33. The summed E-state index contributed by atoms with van der Waals surface area (Å²) in [6.07, 6.45) is -5.19. The number of carbonyl (C=O) groups is 3. The standard InChI is InChI=1S/C10H13F3N2O4S/c11-10(12,13)4-14-6(16)3-7(17)15-9(8(18)19)1-2-20-5-9/h1-5H2,(H,14,16)(H,15,17)(H,18,19). The number of aliphatic carboxylic acids is 1. The van der Waals surface area contributed by atoms with Gasteiger partial charge >= 0.3 is 12.1 Å². The first-order valence-electron chi connectivity index (χ1n) is 5.60. The van der Waals surface area contributed by atoms with E-state index >= 15 is 0 Å². The third-order valence-electron chi connectivity index (χ3n) is 2.62. The Balaban J connectivity index is 2.46. The van der Waals surface area contributed by atoms with E-state index in [-0.39, 0.29) is 12.2 Å². The molecular weight excluding hydrogens is 301 g/mol. The van der Waals surface area contributed by atoms with E-state index < -0.39 is 42.5 Å². The molecule has 0 aromatic heterocycles. The molecule has 0 aromatic rings. The number of halogens is 3. The molecule has 2 amide bonds. The lowest BCUT2D eigenvalue weighted by Gasteiger charge is -2.24. The highest BCUT2D eigenvalue weighted by atomic mass is 32.2. The molecule has 0 bridgehead atoms. The molecule has 1 rings (SSSR count). The van der Waals surface area contributed by atoms with Crippen molar-refractivity contribution in [2.75, 3.05) is 18.1 Å². The van der Waals surface area contributed by atoms with Gasteiger partial charge in [-0.1, -0.05) is 0 Å². The van der Waals surface area contributed by atoms with E-state index in [1.807, 2.05) is 0 Å². The molecule has 6 nitrogen and oxygen atoms in total. The number of carboxylic acid groups (broad SMARTS) is 1. The van der Waals surface area contributed by atoms with Crippen molar-refractivity contribution in [3.63, 3.8) is 0 Å². The van der Waals surface area contributed by atoms with Crippen molar-refractivity contribution in [3.8, 4) is 0 Å². The van der Waals surface area contributed by atoms with E-state index in [4.69, 9.17) is 5.11 Å². The van der Waals surface area contributed by atoms with Crippen LogP contribution in [-0.2, 0) is 14.4 Å². The molecule has 0 aromatic carbocycles. The first kappa shape index (κ1) is 16.6. The molecule has 1 aliphatic heterocycles. The average Bonchev–Trinajstić information content (AvgIpc) is 2.75. The Morgan fingerprint density at radius 3 is 2.35 bits per heavy atom. The van der Waals surface area contributed by atoms with Crippen LogP contribution in [-0.4, -0.2) is 52.7 Å². The van der Waals surface area contributed by atoms with Gasteiger partial charge in [-0.25, -0.2) is 4.79 Å². The number of thioether (sulfide) groups is 1. The van der Waals surface area contributed by atoms with Gasteiger partial charge in [-0.2, -0.15) is 24.9 Å². The summed E-state index contributed by atoms with van der Waals surface area (Å²) in [7, 11) is 0. The number of carbonyl (C=O) groups excluding carboxylic acids is 2. The van der Waals surface area contributed by atoms with Gasteiger partial charge in [-0.3, -0.25) is 9.59 Å². The van der Waals surface area contributed by atoms with Crippen molar-refractivity contribution in [2.24, 2.45) is 0 Å². The van der Waals surface area contributed by atoms with Crippen molar-refractivity contribution in [1.82, 2.24) is 10.6 Å². The SMILES string of the molecule is O=C(CC(=O)NC1(C(=O)O)CCSC1)NCC(F)(F)F. The Bertz CT molecular complexity index is 408. The lowest BCUT2D eigenvalue weighted by molar-refractivity contribution is -0.147. The minimum atomic E-state index is -4.56. The topological polar surface area (TPSA) is 95.5 Å². The van der Waals surface area contributed by atoms with Crippen LogP contribution in [0.15, 0.2) is 0 Å². The molecule has 0 saturated carbocycles. The van der Waals surface area contributed by atoms with E-state index in [2.05, 4.69) is 5.32 Å². The number of nitrogens with one attached hydrogen (secondary N) is 2. The third kappa shape index (κ3) is 4.91. The van der Waals surface area contributed by atoms with Gasteiger partial charge in [-0.05, 0) is 12.2 Å². The summed E-state index contributed by atoms with van der Waals surface area (Å²) >= 11 is 1.34. The van der Waals surface area contributed by atoms with Gasteiger partial charge in [0.2, 0.25) is 11.8 Å². The van der Waals surface area contributed by atoms with Crippen molar-refractivity contribution < 1.29 is 32.7 Å². The fraction of sp³-hybridized carbons (Fsp3) is 0.700. The summed E-state index contributed by atoms with van der Waals surface area (Å²) in [6, 6.07) is 0. The Morgan fingerprint density at radius 2 is 1.90 bits per heavy atom. The third-order valence-corrected chi connectivity index (χ3v) is 3.81. The second-order valence-corrected chi connectivity index (χ2v) is 5.41. The highest BCUT2D eigenvalue weighted by Crippen LogP contribution is 2.28. The van der Waals surface area contributed by atoms with Gasteiger partial charge in [0.05, 0.1) is 0 Å². The van der Waals surface area contributed by atoms with Crippen LogP contribution in [0, 0.1) is 0 Å². The fourth-order valence-corrected chi connectivity index (χ4v) is 2.93. The molecule has 3 N–H and O–H groups in total. The zero-order chi connectivity index (χ0) is 15.4. The number of carboxylic acids is 1. The summed E-state index contributed by atoms with van der Waals surface area (Å²) in [5, 5.41) is 12.8. The number of hydrogen-bond donors (Lipinski definition) is 3. The van der Waals surface area contributed by atoms with Crippen LogP contribution in [0.3, 0.4) is 0 Å². The average molecular weight is 314 g/mol. The molecule has 1 fully saturated rings. The predicted molar refractivity (Wildman–Crippen MR) is 64.1 cm³/mol. The molecule has 0 radical (unpaired) electrons. The molecule has 0 aliphatic carbocycles. The fourth-order valence-electron chi connectivity index (χ4n) is 1.60. The molecule has 1 saturated heterocycles. The summed E-state index contributed by atoms with van der Waals surface area (Å²) < 4.78 is 35.6. The molecule has 1 atom stereocenters. The monoisotopic (exact) mass is 314 g/mol. The van der Waals surface area contributed by atoms with Crippen LogP contribution < -0.4 is 10.6 Å². The van der Waals surface area contributed by atoms with Crippen LogP contribution in [0.4, 0.5) is 13.2 Å². The van der Waals surface area contributed by atoms with Crippen molar-refractivity contribution in [2.45, 2.75) is 24.6 Å². The maximum atomic E-state index is 11.9. The number of hydrogen-bond acceptors (Lipinski definition) is 4. The van der Waals surface area contributed by atoms with Gasteiger partial charge in [-0.15, -0.1) is 0 Å². The maximum Gasteiger partial charge on any atom is 0.405 e. The molecule has 1 heterocycles. The predicted octanol–water partition coefficient (Wildman–Crippen LogP) is 0.132. The lowest BCUT2D eigenvalue weighted by Crippen LogP contribution is -2.55. The quantitative estimate of drug-likeness (QED) is 0.627. The summed E-state index contributed by atoms with van der Waals surface area (Å²) in [5.41, 5.74) is -1.44. The smallest absolute Gasteiger partial charge is 0.405 e. The Labute approximate surface area is 116 Å². The zero-order valence-electron chi connectivity index (χ0n) is 10.2. The van der Waals surface area contributed by atoms with Gasteiger partial charge in [0, 0.05) is 5.75 Å². The molecule has 0 spiro atoms. The minimum Gasteiger partial charge on any atom is -0.479 e. The lowest BCUT2D eigenvalue weighted by atomic mass is 9.99. The van der Waals surface area contributed by atoms with Gasteiger partial charge < -0.3 is 15.7 Å². The summed E-state index contributed by atoms with van der Waals surface area (Å²) in [4.78, 5) is 33.8. The van der Waals surface area contributed by atoms with Gasteiger partial charge in [0.15, 0.2) is 0 Å². The largest absolute Gasteiger partial charge is 0.479 e. The first-order chi connectivity index (χ1) is 9.15. The van der Waals surface area contributed by atoms with E-state index in [0.717, 1.165) is 0 Å². The Kier molecular flexibility index (Phi) is 5.26. The molecular formula is C10H13F3N2O4S. The van der Waals surface area contributed by atoms with Crippen LogP contribution >= 0.6 is 11.8 Å². The Hall–Kier alpha value is -1.45. The molecule has 20 heavy (non-hydrogen) atoms. The van der Waals surface area contributed by atoms with Crippen molar-refractivity contribution in [1.29, 1.82) is 0 Å². The highest BCUT2D eigenvalue weighted by molar-refractivity contribution is 7.99. The van der Waals surface area contributed by atoms with Gasteiger partial charge in [0.1, 0.15) is 18.5 Å². The second-order valence-electron chi connectivity index (χ2n) is 4.31. The molecule has 10 heteroatoms. The Morgan fingerprint density at radius 1 is 1.25 bits per heavy atom. The van der Waals surface area contributed by atoms with E-state index in [1.54, 1.807) is 5.32 Å². The van der Waals surface area contributed by atoms with Gasteiger partial charge in [0.25, 0.3) is 0 Å². The van der Waals surface area contributed by atoms with E-state index in [0.29, 0.717) is 5.75 Å². The highest BCUT2D eigenvalue weighted by Gasteiger charge is 2.43. The molecule has 1 aliphatic rings.